The number of hydrogen-bond acceptors (Lipinski definition) is 2. The highest BCUT2D eigenvalue weighted by Crippen LogP contribution is 2.24. The fraction of sp³-hybridized carbons (Fsp3) is 0.462. The molecule has 5 heteroatoms. The minimum atomic E-state index is 0.110. The molecule has 18 heavy (non-hydrogen) atoms. The molecular formula is C13H16BrIN2O. The standard InChI is InChI=1S/C13H16BrIN2O/c14-12-4-3-10(15)6-11(12)13(18)17-5-1-2-9(7-16)8-17/h3-4,6,9H,1-2,5,7-8,16H2. The van der Waals surface area contributed by atoms with Gasteiger partial charge < -0.3 is 10.6 Å². The van der Waals surface area contributed by atoms with Crippen molar-refractivity contribution in [2.75, 3.05) is 19.6 Å². The summed E-state index contributed by atoms with van der Waals surface area (Å²) in [5.74, 6) is 0.558. The number of piperidine rings is 1. The highest BCUT2D eigenvalue weighted by atomic mass is 127. The van der Waals surface area contributed by atoms with Crippen LogP contribution in [0.15, 0.2) is 22.7 Å². The molecule has 1 aliphatic rings. The maximum Gasteiger partial charge on any atom is 0.255 e. The number of hydrogen-bond donors (Lipinski definition) is 1. The van der Waals surface area contributed by atoms with Gasteiger partial charge in [0.15, 0.2) is 0 Å². The third kappa shape index (κ3) is 3.24. The summed E-state index contributed by atoms with van der Waals surface area (Å²) in [4.78, 5) is 14.4. The lowest BCUT2D eigenvalue weighted by atomic mass is 9.97. The minimum absolute atomic E-state index is 0.110. The predicted octanol–water partition coefficient (Wildman–Crippen LogP) is 2.86. The van der Waals surface area contributed by atoms with Crippen LogP contribution in [-0.4, -0.2) is 30.4 Å². The van der Waals surface area contributed by atoms with Gasteiger partial charge in [-0.25, -0.2) is 0 Å². The first-order valence-electron chi connectivity index (χ1n) is 6.06. The molecule has 98 valence electrons. The summed E-state index contributed by atoms with van der Waals surface area (Å²) in [6.45, 7) is 2.29. The van der Waals surface area contributed by atoms with E-state index in [0.29, 0.717) is 12.5 Å². The molecule has 1 atom stereocenters. The lowest BCUT2D eigenvalue weighted by Crippen LogP contribution is -2.42. The quantitative estimate of drug-likeness (QED) is 0.745. The Kier molecular flexibility index (Phi) is 5.03. The second-order valence-electron chi connectivity index (χ2n) is 4.62. The molecule has 0 aliphatic carbocycles. The summed E-state index contributed by atoms with van der Waals surface area (Å²) >= 11 is 5.68. The van der Waals surface area contributed by atoms with Crippen LogP contribution in [0.3, 0.4) is 0 Å². The van der Waals surface area contributed by atoms with Gasteiger partial charge in [-0.15, -0.1) is 0 Å². The molecule has 0 saturated carbocycles. The van der Waals surface area contributed by atoms with E-state index >= 15 is 0 Å². The van der Waals surface area contributed by atoms with Gasteiger partial charge in [-0.1, -0.05) is 0 Å². The summed E-state index contributed by atoms with van der Waals surface area (Å²) in [6, 6.07) is 5.85. The lowest BCUT2D eigenvalue weighted by Gasteiger charge is -2.32. The van der Waals surface area contributed by atoms with Crippen molar-refractivity contribution < 1.29 is 4.79 Å². The molecule has 2 rings (SSSR count). The van der Waals surface area contributed by atoms with Crippen molar-refractivity contribution in [3.8, 4) is 0 Å². The maximum absolute atomic E-state index is 12.5. The molecule has 1 aromatic rings. The first-order chi connectivity index (χ1) is 8.61. The molecule has 1 amide bonds. The molecule has 1 heterocycles. The Hall–Kier alpha value is -0.140. The van der Waals surface area contributed by atoms with Crippen molar-refractivity contribution >= 4 is 44.4 Å². The molecule has 0 aromatic heterocycles. The minimum Gasteiger partial charge on any atom is -0.338 e. The van der Waals surface area contributed by atoms with Gasteiger partial charge in [0.25, 0.3) is 5.91 Å². The van der Waals surface area contributed by atoms with Crippen molar-refractivity contribution in [2.45, 2.75) is 12.8 Å². The number of nitrogens with two attached hydrogens (primary N) is 1. The van der Waals surface area contributed by atoms with Gasteiger partial charge >= 0.3 is 0 Å². The van der Waals surface area contributed by atoms with Crippen LogP contribution in [0.2, 0.25) is 0 Å². The first-order valence-corrected chi connectivity index (χ1v) is 7.93. The molecule has 2 N–H and O–H groups in total. The van der Waals surface area contributed by atoms with E-state index in [0.717, 1.165) is 39.5 Å². The molecule has 1 fully saturated rings. The highest BCUT2D eigenvalue weighted by molar-refractivity contribution is 14.1. The molecular weight excluding hydrogens is 407 g/mol. The van der Waals surface area contributed by atoms with E-state index in [-0.39, 0.29) is 5.91 Å². The van der Waals surface area contributed by atoms with Gasteiger partial charge in [-0.3, -0.25) is 4.79 Å². The summed E-state index contributed by atoms with van der Waals surface area (Å²) < 4.78 is 1.94. The van der Waals surface area contributed by atoms with Gasteiger partial charge in [-0.05, 0) is 82.0 Å². The van der Waals surface area contributed by atoms with Gasteiger partial charge in [-0.2, -0.15) is 0 Å². The van der Waals surface area contributed by atoms with Crippen LogP contribution in [-0.2, 0) is 0 Å². The molecule has 0 bridgehead atoms. The molecule has 3 nitrogen and oxygen atoms in total. The third-order valence-electron chi connectivity index (χ3n) is 3.30. The Morgan fingerprint density at radius 1 is 1.56 bits per heavy atom. The number of nitrogens with zero attached hydrogens (tertiary/aromatic N) is 1. The summed E-state index contributed by atoms with van der Waals surface area (Å²) in [7, 11) is 0. The molecule has 1 unspecified atom stereocenters. The van der Waals surface area contributed by atoms with Crippen LogP contribution in [0, 0.1) is 9.49 Å². The van der Waals surface area contributed by atoms with Crippen LogP contribution in [0.1, 0.15) is 23.2 Å². The van der Waals surface area contributed by atoms with E-state index < -0.39 is 0 Å². The van der Waals surface area contributed by atoms with Crippen LogP contribution in [0.5, 0.6) is 0 Å². The summed E-state index contributed by atoms with van der Waals surface area (Å²) in [6.07, 6.45) is 2.18. The summed E-state index contributed by atoms with van der Waals surface area (Å²) in [5.41, 5.74) is 6.46. The number of rotatable bonds is 2. The SMILES string of the molecule is NCC1CCCN(C(=O)c2cc(I)ccc2Br)C1. The molecule has 0 spiro atoms. The van der Waals surface area contributed by atoms with E-state index in [2.05, 4.69) is 38.5 Å². The highest BCUT2D eigenvalue weighted by Gasteiger charge is 2.24. The number of halogens is 2. The number of amides is 1. The number of benzene rings is 1. The van der Waals surface area contributed by atoms with E-state index in [1.165, 1.54) is 0 Å². The van der Waals surface area contributed by atoms with Crippen molar-refractivity contribution in [3.05, 3.63) is 31.8 Å². The van der Waals surface area contributed by atoms with E-state index in [1.54, 1.807) is 0 Å². The maximum atomic E-state index is 12.5. The number of carbonyl (C=O) groups is 1. The smallest absolute Gasteiger partial charge is 0.255 e. The second kappa shape index (κ2) is 6.34. The molecule has 0 radical (unpaired) electrons. The Morgan fingerprint density at radius 3 is 3.06 bits per heavy atom. The van der Waals surface area contributed by atoms with E-state index in [1.807, 2.05) is 23.1 Å². The normalized spacial score (nSPS) is 19.9. The molecule has 1 aliphatic heterocycles. The van der Waals surface area contributed by atoms with Crippen LogP contribution >= 0.6 is 38.5 Å². The fourth-order valence-electron chi connectivity index (χ4n) is 2.27. The largest absolute Gasteiger partial charge is 0.338 e. The van der Waals surface area contributed by atoms with Gasteiger partial charge in [0, 0.05) is 21.1 Å². The van der Waals surface area contributed by atoms with Gasteiger partial charge in [0.1, 0.15) is 0 Å². The third-order valence-corrected chi connectivity index (χ3v) is 4.66. The fourth-order valence-corrected chi connectivity index (χ4v) is 3.18. The number of likely N-dealkylation sites (tertiary alicyclic amines) is 1. The first kappa shape index (κ1) is 14.3. The van der Waals surface area contributed by atoms with E-state index in [9.17, 15) is 4.79 Å². The van der Waals surface area contributed by atoms with Crippen molar-refractivity contribution in [2.24, 2.45) is 11.7 Å². The Balaban J connectivity index is 2.17. The number of carbonyl (C=O) groups excluding carboxylic acids is 1. The van der Waals surface area contributed by atoms with E-state index in [4.69, 9.17) is 5.73 Å². The Labute approximate surface area is 129 Å². The molecule has 1 aromatic carbocycles. The van der Waals surface area contributed by atoms with Crippen LogP contribution < -0.4 is 5.73 Å². The zero-order valence-corrected chi connectivity index (χ0v) is 13.8. The molecule has 1 saturated heterocycles. The zero-order valence-electron chi connectivity index (χ0n) is 10.0. The monoisotopic (exact) mass is 422 g/mol. The average molecular weight is 423 g/mol. The Bertz CT molecular complexity index is 453. The van der Waals surface area contributed by atoms with Crippen molar-refractivity contribution in [1.29, 1.82) is 0 Å². The second-order valence-corrected chi connectivity index (χ2v) is 6.72. The van der Waals surface area contributed by atoms with Crippen molar-refractivity contribution in [1.82, 2.24) is 4.90 Å². The van der Waals surface area contributed by atoms with Crippen LogP contribution in [0.4, 0.5) is 0 Å². The van der Waals surface area contributed by atoms with Gasteiger partial charge in [0.2, 0.25) is 0 Å². The Morgan fingerprint density at radius 2 is 2.33 bits per heavy atom. The lowest BCUT2D eigenvalue weighted by molar-refractivity contribution is 0.0677. The van der Waals surface area contributed by atoms with Crippen molar-refractivity contribution in [3.63, 3.8) is 0 Å². The van der Waals surface area contributed by atoms with Crippen LogP contribution in [0.25, 0.3) is 0 Å². The zero-order chi connectivity index (χ0) is 13.1. The van der Waals surface area contributed by atoms with Gasteiger partial charge in [0.05, 0.1) is 5.56 Å². The summed E-state index contributed by atoms with van der Waals surface area (Å²) in [5, 5.41) is 0. The predicted molar refractivity (Wildman–Crippen MR) is 84.5 cm³/mol. The topological polar surface area (TPSA) is 46.3 Å². The average Bonchev–Trinajstić information content (AvgIpc) is 2.41.